The lowest BCUT2D eigenvalue weighted by atomic mass is 10.2. The van der Waals surface area contributed by atoms with Gasteiger partial charge in [0.05, 0.1) is 6.33 Å². The largest absolute Gasteiger partial charge is 0.311 e. The lowest BCUT2D eigenvalue weighted by Gasteiger charge is -2.09. The predicted molar refractivity (Wildman–Crippen MR) is 100 cm³/mol. The van der Waals surface area contributed by atoms with Crippen LogP contribution in [-0.4, -0.2) is 19.5 Å². The highest BCUT2D eigenvalue weighted by Crippen LogP contribution is 2.28. The van der Waals surface area contributed by atoms with Crippen LogP contribution in [0.1, 0.15) is 11.1 Å². The normalized spacial score (nSPS) is 11.2. The second kappa shape index (κ2) is 6.76. The number of fused-ring (bicyclic) bond motifs is 1. The average molecular weight is 366 g/mol. The van der Waals surface area contributed by atoms with Crippen molar-refractivity contribution in [2.45, 2.75) is 17.8 Å². The number of halogens is 1. The Morgan fingerprint density at radius 3 is 2.77 bits per heavy atom. The van der Waals surface area contributed by atoms with Crippen LogP contribution in [0.5, 0.6) is 0 Å². The number of thioether (sulfide) groups is 1. The molecule has 7 heteroatoms. The molecule has 0 saturated heterocycles. The summed E-state index contributed by atoms with van der Waals surface area (Å²) in [6.45, 7) is 2.01. The highest BCUT2D eigenvalue weighted by molar-refractivity contribution is 7.98. The van der Waals surface area contributed by atoms with E-state index in [1.54, 1.807) is 6.07 Å². The summed E-state index contributed by atoms with van der Waals surface area (Å²) in [6, 6.07) is 14.4. The Bertz CT molecular complexity index is 1130. The summed E-state index contributed by atoms with van der Waals surface area (Å²) in [5, 5.41) is 0.636. The van der Waals surface area contributed by atoms with Crippen LogP contribution < -0.4 is 5.56 Å². The topological polar surface area (TPSA) is 63.6 Å². The van der Waals surface area contributed by atoms with Gasteiger partial charge in [0.25, 0.3) is 5.56 Å². The third-order valence-electron chi connectivity index (χ3n) is 3.97. The van der Waals surface area contributed by atoms with Crippen molar-refractivity contribution in [3.8, 4) is 5.69 Å². The fourth-order valence-electron chi connectivity index (χ4n) is 2.68. The van der Waals surface area contributed by atoms with Crippen LogP contribution in [0, 0.1) is 12.7 Å². The molecule has 0 radical (unpaired) electrons. The Kier molecular flexibility index (Phi) is 4.30. The highest BCUT2D eigenvalue weighted by Gasteiger charge is 2.16. The monoisotopic (exact) mass is 366 g/mol. The Labute approximate surface area is 152 Å². The van der Waals surface area contributed by atoms with Crippen molar-refractivity contribution in [3.63, 3.8) is 0 Å². The van der Waals surface area contributed by atoms with E-state index in [9.17, 15) is 9.18 Å². The minimum absolute atomic E-state index is 0.270. The van der Waals surface area contributed by atoms with E-state index in [1.165, 1.54) is 30.2 Å². The minimum atomic E-state index is -0.284. The number of aryl methyl sites for hydroxylation is 1. The van der Waals surface area contributed by atoms with E-state index in [2.05, 4.69) is 15.0 Å². The maximum absolute atomic E-state index is 13.4. The molecule has 0 bridgehead atoms. The molecular formula is C19H15FN4OS. The molecule has 0 amide bonds. The number of aromatic nitrogens is 4. The molecule has 2 aromatic heterocycles. The van der Waals surface area contributed by atoms with Crippen LogP contribution in [-0.2, 0) is 5.75 Å². The van der Waals surface area contributed by atoms with Crippen LogP contribution >= 0.6 is 11.8 Å². The average Bonchev–Trinajstić information content (AvgIpc) is 3.01. The van der Waals surface area contributed by atoms with Gasteiger partial charge < -0.3 is 4.98 Å². The lowest BCUT2D eigenvalue weighted by molar-refractivity contribution is 0.626. The van der Waals surface area contributed by atoms with Gasteiger partial charge in [0.2, 0.25) is 0 Å². The Morgan fingerprint density at radius 2 is 2.00 bits per heavy atom. The minimum Gasteiger partial charge on any atom is -0.311 e. The third-order valence-corrected chi connectivity index (χ3v) is 4.98. The second-order valence-electron chi connectivity index (χ2n) is 5.89. The van der Waals surface area contributed by atoms with Gasteiger partial charge in [0.1, 0.15) is 5.82 Å². The molecule has 5 nitrogen and oxygen atoms in total. The summed E-state index contributed by atoms with van der Waals surface area (Å²) in [4.78, 5) is 23.5. The smallest absolute Gasteiger partial charge is 0.278 e. The maximum atomic E-state index is 13.4. The molecule has 0 unspecified atom stereocenters. The van der Waals surface area contributed by atoms with Crippen LogP contribution in [0.25, 0.3) is 16.9 Å². The van der Waals surface area contributed by atoms with Crippen LogP contribution in [0.3, 0.4) is 0 Å². The molecule has 0 aliphatic rings. The van der Waals surface area contributed by atoms with E-state index in [-0.39, 0.29) is 16.9 Å². The molecule has 0 aliphatic carbocycles. The van der Waals surface area contributed by atoms with E-state index in [1.807, 2.05) is 41.8 Å². The first kappa shape index (κ1) is 16.5. The number of aromatic amines is 1. The van der Waals surface area contributed by atoms with Crippen LogP contribution in [0.4, 0.5) is 4.39 Å². The van der Waals surface area contributed by atoms with Crippen molar-refractivity contribution < 1.29 is 4.39 Å². The first-order valence-corrected chi connectivity index (χ1v) is 9.01. The molecule has 4 rings (SSSR count). The van der Waals surface area contributed by atoms with E-state index in [0.717, 1.165) is 16.8 Å². The van der Waals surface area contributed by atoms with E-state index >= 15 is 0 Å². The summed E-state index contributed by atoms with van der Waals surface area (Å²) in [7, 11) is 0. The van der Waals surface area contributed by atoms with Crippen molar-refractivity contribution in [2.24, 2.45) is 0 Å². The quantitative estimate of drug-likeness (QED) is 0.557. The molecule has 0 atom stereocenters. The fourth-order valence-corrected chi connectivity index (χ4v) is 3.63. The van der Waals surface area contributed by atoms with Crippen LogP contribution in [0.15, 0.2) is 64.8 Å². The number of hydrogen-bond acceptors (Lipinski definition) is 4. The van der Waals surface area contributed by atoms with Gasteiger partial charge in [-0.2, -0.15) is 0 Å². The Hall–Kier alpha value is -2.93. The van der Waals surface area contributed by atoms with Crippen molar-refractivity contribution in [2.75, 3.05) is 0 Å². The molecule has 0 fully saturated rings. The highest BCUT2D eigenvalue weighted by atomic mass is 32.2. The molecule has 130 valence electrons. The molecule has 1 N–H and O–H groups in total. The summed E-state index contributed by atoms with van der Waals surface area (Å²) < 4.78 is 15.3. The molecular weight excluding hydrogens is 351 g/mol. The molecule has 0 saturated carbocycles. The molecule has 0 spiro atoms. The third kappa shape index (κ3) is 3.13. The standard InChI is InChI=1S/C19H15FN4OS/c1-12-5-7-15(8-6-12)24-17-16(18(25)22-11-21-17)23-19(24)26-10-13-3-2-4-14(20)9-13/h2-9,11H,10H2,1H3,(H,21,22,25). The number of nitrogens with one attached hydrogen (secondary N) is 1. The van der Waals surface area contributed by atoms with Gasteiger partial charge in [-0.3, -0.25) is 9.36 Å². The number of imidazole rings is 1. The first-order valence-electron chi connectivity index (χ1n) is 8.02. The molecule has 2 heterocycles. The SMILES string of the molecule is Cc1ccc(-n2c(SCc3cccc(F)c3)nc3c(=O)[nH]cnc32)cc1. The summed E-state index contributed by atoms with van der Waals surface area (Å²) in [5.74, 6) is 0.262. The van der Waals surface area contributed by atoms with Crippen LogP contribution in [0.2, 0.25) is 0 Å². The molecule has 0 aliphatic heterocycles. The number of hydrogen-bond donors (Lipinski definition) is 1. The summed E-state index contributed by atoms with van der Waals surface area (Å²) in [5.41, 5.74) is 3.36. The van der Waals surface area contributed by atoms with Crippen molar-refractivity contribution in [1.82, 2.24) is 19.5 Å². The summed E-state index contributed by atoms with van der Waals surface area (Å²) >= 11 is 1.43. The van der Waals surface area contributed by atoms with Gasteiger partial charge in [0.15, 0.2) is 16.3 Å². The van der Waals surface area contributed by atoms with Gasteiger partial charge in [-0.1, -0.05) is 41.6 Å². The number of rotatable bonds is 4. The zero-order chi connectivity index (χ0) is 18.1. The Morgan fingerprint density at radius 1 is 1.19 bits per heavy atom. The lowest BCUT2D eigenvalue weighted by Crippen LogP contribution is -2.07. The molecule has 26 heavy (non-hydrogen) atoms. The number of benzene rings is 2. The number of nitrogens with zero attached hydrogens (tertiary/aromatic N) is 3. The van der Waals surface area contributed by atoms with E-state index in [0.29, 0.717) is 16.6 Å². The zero-order valence-corrected chi connectivity index (χ0v) is 14.8. The van der Waals surface area contributed by atoms with Crippen molar-refractivity contribution in [3.05, 3.63) is 82.2 Å². The van der Waals surface area contributed by atoms with Gasteiger partial charge >= 0.3 is 0 Å². The maximum Gasteiger partial charge on any atom is 0.278 e. The van der Waals surface area contributed by atoms with Gasteiger partial charge in [0, 0.05) is 11.4 Å². The van der Waals surface area contributed by atoms with E-state index in [4.69, 9.17) is 0 Å². The predicted octanol–water partition coefficient (Wildman–Crippen LogP) is 3.85. The molecule has 2 aromatic carbocycles. The number of H-pyrrole nitrogens is 1. The molecule has 4 aromatic rings. The Balaban J connectivity index is 1.80. The summed E-state index contributed by atoms with van der Waals surface area (Å²) in [6.07, 6.45) is 1.37. The van der Waals surface area contributed by atoms with Crippen molar-refractivity contribution in [1.29, 1.82) is 0 Å². The van der Waals surface area contributed by atoms with Gasteiger partial charge in [-0.05, 0) is 36.8 Å². The fraction of sp³-hybridized carbons (Fsp3) is 0.105. The van der Waals surface area contributed by atoms with Gasteiger partial charge in [-0.15, -0.1) is 0 Å². The zero-order valence-electron chi connectivity index (χ0n) is 13.9. The second-order valence-corrected chi connectivity index (χ2v) is 6.83. The van der Waals surface area contributed by atoms with Crippen molar-refractivity contribution >= 4 is 22.9 Å². The van der Waals surface area contributed by atoms with E-state index < -0.39 is 0 Å². The first-order chi connectivity index (χ1) is 12.6. The van der Waals surface area contributed by atoms with Gasteiger partial charge in [-0.25, -0.2) is 14.4 Å².